The molecule has 112 valence electrons. The third-order valence-electron chi connectivity index (χ3n) is 4.66. The predicted molar refractivity (Wildman–Crippen MR) is 76.7 cm³/mol. The molecule has 0 aromatic heterocycles. The zero-order chi connectivity index (χ0) is 14.8. The highest BCUT2D eigenvalue weighted by Gasteiger charge is 2.51. The monoisotopic (exact) mass is 270 g/mol. The molecule has 0 heterocycles. The average Bonchev–Trinajstić information content (AvgIpc) is 2.24. The van der Waals surface area contributed by atoms with Gasteiger partial charge in [0.05, 0.1) is 18.1 Å². The molecule has 1 aliphatic carbocycles. The first-order valence-electron chi connectivity index (χ1n) is 7.53. The first-order valence-corrected chi connectivity index (χ1v) is 7.53. The molecule has 1 saturated carbocycles. The van der Waals surface area contributed by atoms with Crippen LogP contribution >= 0.6 is 0 Å². The van der Waals surface area contributed by atoms with Gasteiger partial charge in [-0.15, -0.1) is 0 Å². The van der Waals surface area contributed by atoms with E-state index in [-0.39, 0.29) is 23.2 Å². The number of hydrogen-bond donors (Lipinski definition) is 1. The molecule has 0 aromatic rings. The Morgan fingerprint density at radius 3 is 2.37 bits per heavy atom. The average molecular weight is 270 g/mol. The van der Waals surface area contributed by atoms with Crippen molar-refractivity contribution in [3.8, 4) is 0 Å². The zero-order valence-electron chi connectivity index (χ0n) is 13.3. The van der Waals surface area contributed by atoms with E-state index in [0.717, 1.165) is 12.8 Å². The molecule has 3 unspecified atom stereocenters. The largest absolute Gasteiger partial charge is 0.466 e. The lowest BCUT2D eigenvalue weighted by Gasteiger charge is -2.49. The number of carbonyl (C=O) groups is 1. The summed E-state index contributed by atoms with van der Waals surface area (Å²) in [7, 11) is 0. The van der Waals surface area contributed by atoms with Crippen LogP contribution in [0.3, 0.4) is 0 Å². The van der Waals surface area contributed by atoms with E-state index < -0.39 is 11.5 Å². The van der Waals surface area contributed by atoms with E-state index in [0.29, 0.717) is 13.0 Å². The van der Waals surface area contributed by atoms with Crippen LogP contribution < -0.4 is 0 Å². The summed E-state index contributed by atoms with van der Waals surface area (Å²) in [5, 5.41) is 11.1. The maximum atomic E-state index is 12.2. The molecule has 0 aliphatic heterocycles. The van der Waals surface area contributed by atoms with Gasteiger partial charge in [-0.05, 0) is 43.4 Å². The third kappa shape index (κ3) is 3.50. The van der Waals surface area contributed by atoms with Gasteiger partial charge in [0.15, 0.2) is 0 Å². The quantitative estimate of drug-likeness (QED) is 0.796. The second kappa shape index (κ2) is 5.82. The fourth-order valence-electron chi connectivity index (χ4n) is 3.64. The molecule has 1 fully saturated rings. The third-order valence-corrected chi connectivity index (χ3v) is 4.66. The van der Waals surface area contributed by atoms with Crippen LogP contribution in [0.1, 0.15) is 60.8 Å². The summed E-state index contributed by atoms with van der Waals surface area (Å²) >= 11 is 0. The summed E-state index contributed by atoms with van der Waals surface area (Å²) in [4.78, 5) is 12.2. The lowest BCUT2D eigenvalue weighted by Crippen LogP contribution is -2.54. The zero-order valence-corrected chi connectivity index (χ0v) is 13.3. The Kier molecular flexibility index (Phi) is 5.05. The highest BCUT2D eigenvalue weighted by Crippen LogP contribution is 2.48. The van der Waals surface area contributed by atoms with Crippen LogP contribution in [-0.4, -0.2) is 23.3 Å². The predicted octanol–water partition coefficient (Wildman–Crippen LogP) is 3.40. The maximum absolute atomic E-state index is 12.2. The highest BCUT2D eigenvalue weighted by atomic mass is 16.5. The van der Waals surface area contributed by atoms with Crippen LogP contribution in [0.25, 0.3) is 0 Å². The van der Waals surface area contributed by atoms with E-state index in [1.54, 1.807) is 0 Å². The van der Waals surface area contributed by atoms with Crippen molar-refractivity contribution in [2.24, 2.45) is 23.2 Å². The number of hydrogen-bond acceptors (Lipinski definition) is 3. The van der Waals surface area contributed by atoms with E-state index in [1.165, 1.54) is 0 Å². The summed E-state index contributed by atoms with van der Waals surface area (Å²) in [6.07, 6.45) is 2.59. The van der Waals surface area contributed by atoms with Crippen LogP contribution in [0.2, 0.25) is 0 Å². The summed E-state index contributed by atoms with van der Waals surface area (Å²) in [6.45, 7) is 12.7. The Hall–Kier alpha value is -0.570. The highest BCUT2D eigenvalue weighted by molar-refractivity contribution is 5.74. The molecule has 1 rings (SSSR count). The number of ether oxygens (including phenoxy) is 1. The minimum absolute atomic E-state index is 0.0905. The maximum Gasteiger partial charge on any atom is 0.312 e. The van der Waals surface area contributed by atoms with Crippen LogP contribution in [0.15, 0.2) is 0 Å². The topological polar surface area (TPSA) is 46.5 Å². The molecule has 0 bridgehead atoms. The van der Waals surface area contributed by atoms with E-state index >= 15 is 0 Å². The Labute approximate surface area is 117 Å². The van der Waals surface area contributed by atoms with Gasteiger partial charge in [0, 0.05) is 0 Å². The van der Waals surface area contributed by atoms with Gasteiger partial charge >= 0.3 is 5.97 Å². The summed E-state index contributed by atoms with van der Waals surface area (Å²) < 4.78 is 5.19. The lowest BCUT2D eigenvalue weighted by molar-refractivity contribution is -0.175. The molecule has 0 aromatic carbocycles. The van der Waals surface area contributed by atoms with E-state index in [1.807, 2.05) is 20.8 Å². The van der Waals surface area contributed by atoms with Gasteiger partial charge in [0.25, 0.3) is 0 Å². The van der Waals surface area contributed by atoms with Crippen LogP contribution in [0, 0.1) is 23.2 Å². The van der Waals surface area contributed by atoms with Crippen molar-refractivity contribution in [1.29, 1.82) is 0 Å². The molecule has 3 atom stereocenters. The Morgan fingerprint density at radius 1 is 1.37 bits per heavy atom. The molecule has 3 heteroatoms. The first-order chi connectivity index (χ1) is 8.64. The number of rotatable bonds is 4. The van der Waals surface area contributed by atoms with Crippen molar-refractivity contribution in [3.05, 3.63) is 0 Å². The van der Waals surface area contributed by atoms with Gasteiger partial charge in [-0.3, -0.25) is 4.79 Å². The minimum Gasteiger partial charge on any atom is -0.466 e. The molecule has 0 radical (unpaired) electrons. The van der Waals surface area contributed by atoms with Crippen LogP contribution in [-0.2, 0) is 9.53 Å². The first kappa shape index (κ1) is 16.5. The molecule has 1 aliphatic rings. The standard InChI is InChI=1S/C16H30O3/c1-7-19-14(17)13(11(2)3)16(18)9-8-15(5,6)10-12(16)4/h11-13,18H,7-10H2,1-6H3. The van der Waals surface area contributed by atoms with Gasteiger partial charge in [-0.2, -0.15) is 0 Å². The van der Waals surface area contributed by atoms with Gasteiger partial charge in [-0.25, -0.2) is 0 Å². The van der Waals surface area contributed by atoms with Gasteiger partial charge in [-0.1, -0.05) is 34.6 Å². The number of esters is 1. The van der Waals surface area contributed by atoms with Crippen molar-refractivity contribution < 1.29 is 14.6 Å². The van der Waals surface area contributed by atoms with Crippen LogP contribution in [0.4, 0.5) is 0 Å². The second-order valence-corrected chi connectivity index (χ2v) is 7.23. The minimum atomic E-state index is -0.921. The van der Waals surface area contributed by atoms with Gasteiger partial charge in [0.1, 0.15) is 0 Å². The molecular formula is C16H30O3. The number of aliphatic hydroxyl groups is 1. The van der Waals surface area contributed by atoms with Crippen molar-refractivity contribution in [1.82, 2.24) is 0 Å². The molecular weight excluding hydrogens is 240 g/mol. The van der Waals surface area contributed by atoms with Crippen molar-refractivity contribution in [3.63, 3.8) is 0 Å². The van der Waals surface area contributed by atoms with Gasteiger partial charge in [0.2, 0.25) is 0 Å². The Bertz CT molecular complexity index is 322. The number of carbonyl (C=O) groups excluding carboxylic acids is 1. The lowest BCUT2D eigenvalue weighted by atomic mass is 9.59. The van der Waals surface area contributed by atoms with Crippen LogP contribution in [0.5, 0.6) is 0 Å². The van der Waals surface area contributed by atoms with Crippen molar-refractivity contribution in [2.75, 3.05) is 6.61 Å². The Morgan fingerprint density at radius 2 is 1.95 bits per heavy atom. The van der Waals surface area contributed by atoms with E-state index in [9.17, 15) is 9.90 Å². The molecule has 1 N–H and O–H groups in total. The summed E-state index contributed by atoms with van der Waals surface area (Å²) in [5.41, 5.74) is -0.669. The SMILES string of the molecule is CCOC(=O)C(C(C)C)C1(O)CCC(C)(C)CC1C. The molecule has 19 heavy (non-hydrogen) atoms. The second-order valence-electron chi connectivity index (χ2n) is 7.23. The summed E-state index contributed by atoms with van der Waals surface area (Å²) in [6, 6.07) is 0. The van der Waals surface area contributed by atoms with Crippen molar-refractivity contribution in [2.45, 2.75) is 66.4 Å². The summed E-state index contributed by atoms with van der Waals surface area (Å²) in [5.74, 6) is -0.453. The normalized spacial score (nSPS) is 32.1. The Balaban J connectivity index is 2.98. The smallest absolute Gasteiger partial charge is 0.312 e. The molecule has 0 amide bonds. The fraction of sp³-hybridized carbons (Fsp3) is 0.938. The van der Waals surface area contributed by atoms with Gasteiger partial charge < -0.3 is 9.84 Å². The van der Waals surface area contributed by atoms with Crippen molar-refractivity contribution >= 4 is 5.97 Å². The molecule has 3 nitrogen and oxygen atoms in total. The molecule has 0 spiro atoms. The fourth-order valence-corrected chi connectivity index (χ4v) is 3.64. The van der Waals surface area contributed by atoms with E-state index in [4.69, 9.17) is 4.74 Å². The van der Waals surface area contributed by atoms with E-state index in [2.05, 4.69) is 20.8 Å². The molecule has 0 saturated heterocycles.